The van der Waals surface area contributed by atoms with E-state index in [9.17, 15) is 14.0 Å². The number of H-pyrrole nitrogens is 1. The van der Waals surface area contributed by atoms with E-state index in [2.05, 4.69) is 25.3 Å². The Morgan fingerprint density at radius 1 is 1.33 bits per heavy atom. The summed E-state index contributed by atoms with van der Waals surface area (Å²) in [6, 6.07) is 7.08. The molecule has 2 aromatic heterocycles. The van der Waals surface area contributed by atoms with E-state index in [1.165, 1.54) is 25.4 Å². The molecule has 2 heterocycles. The van der Waals surface area contributed by atoms with Crippen molar-refractivity contribution in [3.8, 4) is 0 Å². The molecular formula is C18H16ClFN4O3. The van der Waals surface area contributed by atoms with Crippen LogP contribution in [0.25, 0.3) is 10.9 Å². The molecule has 1 aromatic carbocycles. The average molecular weight is 391 g/mol. The Labute approximate surface area is 158 Å². The Morgan fingerprint density at radius 2 is 2.11 bits per heavy atom. The summed E-state index contributed by atoms with van der Waals surface area (Å²) in [6.07, 6.45) is 0.906. The van der Waals surface area contributed by atoms with Crippen LogP contribution in [0.1, 0.15) is 18.5 Å². The summed E-state index contributed by atoms with van der Waals surface area (Å²) in [4.78, 5) is 30.5. The van der Waals surface area contributed by atoms with E-state index in [0.717, 1.165) is 0 Å². The van der Waals surface area contributed by atoms with Gasteiger partial charge in [0.15, 0.2) is 0 Å². The second-order valence-electron chi connectivity index (χ2n) is 5.82. The van der Waals surface area contributed by atoms with Gasteiger partial charge in [-0.1, -0.05) is 11.6 Å². The van der Waals surface area contributed by atoms with Gasteiger partial charge in [0, 0.05) is 28.9 Å². The molecule has 3 aromatic rings. The number of carbonyl (C=O) groups excluding carboxylic acids is 1. The smallest absolute Gasteiger partial charge is 0.411 e. The van der Waals surface area contributed by atoms with Gasteiger partial charge in [-0.25, -0.2) is 14.2 Å². The van der Waals surface area contributed by atoms with Gasteiger partial charge in [-0.2, -0.15) is 0 Å². The zero-order valence-corrected chi connectivity index (χ0v) is 15.2. The van der Waals surface area contributed by atoms with Gasteiger partial charge in [0.1, 0.15) is 11.6 Å². The van der Waals surface area contributed by atoms with Gasteiger partial charge in [-0.15, -0.1) is 0 Å². The fourth-order valence-electron chi connectivity index (χ4n) is 2.59. The number of hydrogen-bond acceptors (Lipinski definition) is 5. The van der Waals surface area contributed by atoms with Crippen molar-refractivity contribution in [2.24, 2.45) is 0 Å². The highest BCUT2D eigenvalue weighted by Crippen LogP contribution is 2.24. The largest absolute Gasteiger partial charge is 0.453 e. The number of aromatic amines is 1. The number of amides is 1. The summed E-state index contributed by atoms with van der Waals surface area (Å²) >= 11 is 5.82. The van der Waals surface area contributed by atoms with Crippen LogP contribution in [0.3, 0.4) is 0 Å². The zero-order chi connectivity index (χ0) is 19.6. The molecule has 0 aliphatic heterocycles. The number of benzene rings is 1. The molecule has 0 saturated heterocycles. The van der Waals surface area contributed by atoms with E-state index in [1.807, 2.05) is 0 Å². The van der Waals surface area contributed by atoms with Crippen LogP contribution < -0.4 is 16.2 Å². The zero-order valence-electron chi connectivity index (χ0n) is 14.5. The van der Waals surface area contributed by atoms with E-state index in [-0.39, 0.29) is 10.6 Å². The Balaban J connectivity index is 1.88. The highest BCUT2D eigenvalue weighted by atomic mass is 35.5. The van der Waals surface area contributed by atoms with Crippen molar-refractivity contribution in [3.05, 3.63) is 63.3 Å². The van der Waals surface area contributed by atoms with Gasteiger partial charge >= 0.3 is 6.09 Å². The molecule has 1 amide bonds. The van der Waals surface area contributed by atoms with Crippen molar-refractivity contribution < 1.29 is 13.9 Å². The lowest BCUT2D eigenvalue weighted by Crippen LogP contribution is -2.20. The van der Waals surface area contributed by atoms with E-state index in [4.69, 9.17) is 11.6 Å². The monoisotopic (exact) mass is 390 g/mol. The summed E-state index contributed by atoms with van der Waals surface area (Å²) < 4.78 is 18.1. The summed E-state index contributed by atoms with van der Waals surface area (Å²) in [5.41, 5.74) is 0.924. The Morgan fingerprint density at radius 3 is 2.85 bits per heavy atom. The minimum absolute atomic E-state index is 0.0237. The second kappa shape index (κ2) is 7.63. The molecule has 140 valence electrons. The first-order chi connectivity index (χ1) is 12.9. The maximum absolute atomic E-state index is 13.6. The predicted octanol–water partition coefficient (Wildman–Crippen LogP) is 4.07. The molecule has 0 spiro atoms. The molecule has 0 bridgehead atoms. The lowest BCUT2D eigenvalue weighted by atomic mass is 10.1. The Hall–Kier alpha value is -3.13. The topological polar surface area (TPSA) is 96.1 Å². The Kier molecular flexibility index (Phi) is 5.27. The van der Waals surface area contributed by atoms with Crippen molar-refractivity contribution in [3.63, 3.8) is 0 Å². The van der Waals surface area contributed by atoms with Crippen molar-refractivity contribution in [1.82, 2.24) is 9.97 Å². The van der Waals surface area contributed by atoms with Crippen molar-refractivity contribution in [2.75, 3.05) is 17.7 Å². The maximum atomic E-state index is 13.6. The van der Waals surface area contributed by atoms with Crippen LogP contribution in [-0.2, 0) is 4.74 Å². The van der Waals surface area contributed by atoms with Gasteiger partial charge < -0.3 is 15.0 Å². The lowest BCUT2D eigenvalue weighted by molar-refractivity contribution is 0.187. The lowest BCUT2D eigenvalue weighted by Gasteiger charge is -2.15. The number of halogens is 2. The molecule has 0 aliphatic carbocycles. The van der Waals surface area contributed by atoms with E-state index < -0.39 is 18.0 Å². The first-order valence-electron chi connectivity index (χ1n) is 7.97. The summed E-state index contributed by atoms with van der Waals surface area (Å²) in [5.74, 6) is -0.147. The fraction of sp³-hybridized carbons (Fsp3) is 0.167. The number of nitrogens with one attached hydrogen (secondary N) is 3. The van der Waals surface area contributed by atoms with Crippen molar-refractivity contribution in [2.45, 2.75) is 13.0 Å². The van der Waals surface area contributed by atoms with E-state index >= 15 is 0 Å². The molecule has 0 unspecified atom stereocenters. The van der Waals surface area contributed by atoms with Crippen molar-refractivity contribution >= 4 is 40.1 Å². The van der Waals surface area contributed by atoms with Gasteiger partial charge in [0.2, 0.25) is 0 Å². The second-order valence-corrected chi connectivity index (χ2v) is 6.23. The number of carbonyl (C=O) groups is 1. The van der Waals surface area contributed by atoms with E-state index in [1.54, 1.807) is 25.1 Å². The molecule has 3 N–H and O–H groups in total. The van der Waals surface area contributed by atoms with Gasteiger partial charge in [0.25, 0.3) is 5.56 Å². The molecule has 7 nitrogen and oxygen atoms in total. The van der Waals surface area contributed by atoms with Crippen LogP contribution >= 0.6 is 11.6 Å². The summed E-state index contributed by atoms with van der Waals surface area (Å²) in [6.45, 7) is 1.78. The number of methoxy groups -OCH3 is 1. The number of anilines is 2. The van der Waals surface area contributed by atoms with Crippen LogP contribution in [0.4, 0.5) is 20.7 Å². The number of ether oxygens (including phenoxy) is 1. The van der Waals surface area contributed by atoms with Crippen LogP contribution in [0.15, 0.2) is 41.3 Å². The average Bonchev–Trinajstić information content (AvgIpc) is 2.62. The van der Waals surface area contributed by atoms with E-state index in [0.29, 0.717) is 28.0 Å². The predicted molar refractivity (Wildman–Crippen MR) is 102 cm³/mol. The third-order valence-corrected chi connectivity index (χ3v) is 4.23. The molecule has 0 radical (unpaired) electrons. The third-order valence-electron chi connectivity index (χ3n) is 3.94. The molecule has 1 atom stereocenters. The highest BCUT2D eigenvalue weighted by Gasteiger charge is 2.14. The number of nitrogens with zero attached hydrogens (tertiary/aromatic N) is 1. The van der Waals surface area contributed by atoms with Crippen molar-refractivity contribution in [1.29, 1.82) is 0 Å². The van der Waals surface area contributed by atoms with Gasteiger partial charge in [-0.05, 0) is 31.2 Å². The number of aromatic nitrogens is 2. The number of pyridine rings is 2. The molecule has 9 heteroatoms. The number of rotatable bonds is 4. The van der Waals surface area contributed by atoms with Crippen LogP contribution in [-0.4, -0.2) is 23.2 Å². The maximum Gasteiger partial charge on any atom is 0.411 e. The molecule has 3 rings (SSSR count). The van der Waals surface area contributed by atoms with Crippen LogP contribution in [0, 0.1) is 5.82 Å². The summed E-state index contributed by atoms with van der Waals surface area (Å²) in [5, 5.41) is 6.21. The minimum Gasteiger partial charge on any atom is -0.453 e. The number of fused-ring (bicyclic) bond motifs is 1. The molecule has 0 fully saturated rings. The first kappa shape index (κ1) is 18.7. The molecule has 27 heavy (non-hydrogen) atoms. The highest BCUT2D eigenvalue weighted by molar-refractivity contribution is 6.31. The fourth-order valence-corrected chi connectivity index (χ4v) is 2.77. The first-order valence-corrected chi connectivity index (χ1v) is 8.34. The Bertz CT molecular complexity index is 1070. The standard InChI is InChI=1S/C18H16ClFN4O3/c1-9(22-16-7-11(3-4-21-16)23-18(26)27-2)12-5-10-6-13(19)14(20)8-15(10)24-17(12)25/h3-9H,1-2H3,(H,24,25)(H2,21,22,23,26)/t9-/m0/s1. The van der Waals surface area contributed by atoms with Gasteiger partial charge in [0.05, 0.1) is 23.7 Å². The molecular weight excluding hydrogens is 375 g/mol. The van der Waals surface area contributed by atoms with Crippen LogP contribution in [0.2, 0.25) is 5.02 Å². The number of hydrogen-bond donors (Lipinski definition) is 3. The van der Waals surface area contributed by atoms with Crippen LogP contribution in [0.5, 0.6) is 0 Å². The minimum atomic E-state index is -0.602. The molecule has 0 saturated carbocycles. The quantitative estimate of drug-likeness (QED) is 0.624. The third kappa shape index (κ3) is 4.17. The molecule has 0 aliphatic rings. The summed E-state index contributed by atoms with van der Waals surface area (Å²) in [7, 11) is 1.27. The van der Waals surface area contributed by atoms with Gasteiger partial charge in [-0.3, -0.25) is 10.1 Å². The normalized spacial score (nSPS) is 11.9. The SMILES string of the molecule is COC(=O)Nc1ccnc(N[C@@H](C)c2cc3cc(Cl)c(F)cc3[nH]c2=O)c1.